The fourth-order valence-electron chi connectivity index (χ4n) is 5.48. The van der Waals surface area contributed by atoms with Crippen LogP contribution in [0.4, 0.5) is 0 Å². The van der Waals surface area contributed by atoms with Crippen molar-refractivity contribution in [1.82, 2.24) is 9.97 Å². The molecule has 8 aromatic rings. The summed E-state index contributed by atoms with van der Waals surface area (Å²) in [7, 11) is 0. The molecule has 172 valence electrons. The fraction of sp³-hybridized carbons (Fsp3) is 0. The number of benzene rings is 6. The Kier molecular flexibility index (Phi) is 4.42. The topological polar surface area (TPSA) is 25.8 Å². The Morgan fingerprint density at radius 2 is 1.24 bits per heavy atom. The van der Waals surface area contributed by atoms with Crippen molar-refractivity contribution in [1.29, 1.82) is 0 Å². The molecule has 0 atom stereocenters. The normalized spacial score (nSPS) is 11.8. The summed E-state index contributed by atoms with van der Waals surface area (Å²) in [5, 5.41) is 7.34. The Labute approximate surface area is 217 Å². The van der Waals surface area contributed by atoms with Crippen molar-refractivity contribution in [2.45, 2.75) is 0 Å². The van der Waals surface area contributed by atoms with Crippen LogP contribution < -0.4 is 0 Å². The molecule has 0 bridgehead atoms. The predicted octanol–water partition coefficient (Wildman–Crippen LogP) is 9.64. The molecule has 0 radical (unpaired) electrons. The van der Waals surface area contributed by atoms with Crippen molar-refractivity contribution >= 4 is 64.1 Å². The maximum Gasteiger partial charge on any atom is 0.0979 e. The summed E-state index contributed by atoms with van der Waals surface area (Å²) in [6.45, 7) is 0. The number of fused-ring (bicyclic) bond motifs is 7. The van der Waals surface area contributed by atoms with Crippen LogP contribution in [0.2, 0.25) is 0 Å². The van der Waals surface area contributed by atoms with E-state index < -0.39 is 0 Å². The monoisotopic (exact) mass is 488 g/mol. The molecule has 0 saturated heterocycles. The quantitative estimate of drug-likeness (QED) is 0.226. The molecule has 0 aliphatic carbocycles. The molecule has 0 amide bonds. The summed E-state index contributed by atoms with van der Waals surface area (Å²) in [6.07, 6.45) is 0. The third kappa shape index (κ3) is 3.18. The highest BCUT2D eigenvalue weighted by Gasteiger charge is 2.17. The predicted molar refractivity (Wildman–Crippen MR) is 158 cm³/mol. The summed E-state index contributed by atoms with van der Waals surface area (Å²) in [5.41, 5.74) is 5.85. The molecule has 37 heavy (non-hydrogen) atoms. The minimum absolute atomic E-state index is 0.910. The SMILES string of the molecule is c1ccc(-c2nc3ccc4ccccc4c3nc2-c2cccc3cc4c(cc23)sc2ccccc24)cc1. The lowest BCUT2D eigenvalue weighted by Gasteiger charge is -2.14. The van der Waals surface area contributed by atoms with E-state index in [-0.39, 0.29) is 0 Å². The number of nitrogens with zero attached hydrogens (tertiary/aromatic N) is 2. The van der Waals surface area contributed by atoms with Gasteiger partial charge in [0.2, 0.25) is 0 Å². The Hall–Kier alpha value is -4.60. The van der Waals surface area contributed by atoms with Gasteiger partial charge in [-0.1, -0.05) is 97.1 Å². The second-order valence-corrected chi connectivity index (χ2v) is 10.5. The van der Waals surface area contributed by atoms with Gasteiger partial charge in [0.25, 0.3) is 0 Å². The van der Waals surface area contributed by atoms with Gasteiger partial charge in [-0.25, -0.2) is 9.97 Å². The Balaban J connectivity index is 1.49. The van der Waals surface area contributed by atoms with Gasteiger partial charge in [-0.2, -0.15) is 0 Å². The summed E-state index contributed by atoms with van der Waals surface area (Å²) >= 11 is 1.85. The van der Waals surface area contributed by atoms with Gasteiger partial charge in [-0.05, 0) is 40.4 Å². The summed E-state index contributed by atoms with van der Waals surface area (Å²) in [4.78, 5) is 10.6. The Bertz CT molecular complexity index is 2140. The van der Waals surface area contributed by atoms with Crippen LogP contribution in [0.3, 0.4) is 0 Å². The molecule has 2 heterocycles. The van der Waals surface area contributed by atoms with Crippen molar-refractivity contribution < 1.29 is 0 Å². The van der Waals surface area contributed by atoms with Gasteiger partial charge in [0.05, 0.1) is 22.4 Å². The molecule has 0 unspecified atom stereocenters. The summed E-state index contributed by atoms with van der Waals surface area (Å²) < 4.78 is 2.61. The molecule has 0 aliphatic rings. The molecule has 2 aromatic heterocycles. The van der Waals surface area contributed by atoms with Crippen LogP contribution in [-0.2, 0) is 0 Å². The van der Waals surface area contributed by atoms with E-state index in [9.17, 15) is 0 Å². The van der Waals surface area contributed by atoms with E-state index in [0.717, 1.165) is 38.9 Å². The molecule has 0 saturated carbocycles. The number of thiophene rings is 1. The van der Waals surface area contributed by atoms with Crippen molar-refractivity contribution in [2.24, 2.45) is 0 Å². The number of rotatable bonds is 2. The van der Waals surface area contributed by atoms with Gasteiger partial charge in [0.15, 0.2) is 0 Å². The van der Waals surface area contributed by atoms with Gasteiger partial charge in [0, 0.05) is 36.7 Å². The highest BCUT2D eigenvalue weighted by molar-refractivity contribution is 7.25. The maximum absolute atomic E-state index is 5.36. The van der Waals surface area contributed by atoms with Gasteiger partial charge < -0.3 is 0 Å². The summed E-state index contributed by atoms with van der Waals surface area (Å²) in [5.74, 6) is 0. The van der Waals surface area contributed by atoms with E-state index in [2.05, 4.69) is 115 Å². The highest BCUT2D eigenvalue weighted by atomic mass is 32.1. The van der Waals surface area contributed by atoms with E-state index in [1.54, 1.807) is 0 Å². The molecular weight excluding hydrogens is 468 g/mol. The second-order valence-electron chi connectivity index (χ2n) is 9.41. The van der Waals surface area contributed by atoms with Gasteiger partial charge in [0.1, 0.15) is 0 Å². The lowest BCUT2D eigenvalue weighted by Crippen LogP contribution is -1.97. The lowest BCUT2D eigenvalue weighted by atomic mass is 9.96. The van der Waals surface area contributed by atoms with Crippen LogP contribution in [0, 0.1) is 0 Å². The molecular formula is C34H20N2S. The summed E-state index contributed by atoms with van der Waals surface area (Å²) in [6, 6.07) is 42.9. The maximum atomic E-state index is 5.36. The van der Waals surface area contributed by atoms with Gasteiger partial charge in [-0.15, -0.1) is 11.3 Å². The third-order valence-electron chi connectivity index (χ3n) is 7.24. The average Bonchev–Trinajstić information content (AvgIpc) is 3.33. The number of hydrogen-bond donors (Lipinski definition) is 0. The molecule has 0 aliphatic heterocycles. The molecule has 0 spiro atoms. The molecule has 2 nitrogen and oxygen atoms in total. The molecule has 3 heteroatoms. The molecule has 0 N–H and O–H groups in total. The van der Waals surface area contributed by atoms with Gasteiger partial charge in [-0.3, -0.25) is 0 Å². The zero-order chi connectivity index (χ0) is 24.3. The van der Waals surface area contributed by atoms with E-state index in [4.69, 9.17) is 9.97 Å². The van der Waals surface area contributed by atoms with Crippen LogP contribution in [0.25, 0.3) is 75.3 Å². The Morgan fingerprint density at radius 1 is 0.459 bits per heavy atom. The van der Waals surface area contributed by atoms with Crippen LogP contribution in [0.15, 0.2) is 121 Å². The van der Waals surface area contributed by atoms with Crippen molar-refractivity contribution in [3.8, 4) is 22.5 Å². The first kappa shape index (κ1) is 20.6. The zero-order valence-electron chi connectivity index (χ0n) is 19.8. The van der Waals surface area contributed by atoms with Crippen LogP contribution in [0.1, 0.15) is 0 Å². The first-order valence-electron chi connectivity index (χ1n) is 12.4. The first-order chi connectivity index (χ1) is 18.3. The second kappa shape index (κ2) is 7.95. The molecule has 0 fully saturated rings. The molecule has 6 aromatic carbocycles. The third-order valence-corrected chi connectivity index (χ3v) is 8.37. The number of hydrogen-bond acceptors (Lipinski definition) is 3. The highest BCUT2D eigenvalue weighted by Crippen LogP contribution is 2.41. The van der Waals surface area contributed by atoms with E-state index >= 15 is 0 Å². The average molecular weight is 489 g/mol. The zero-order valence-corrected chi connectivity index (χ0v) is 20.7. The van der Waals surface area contributed by atoms with Crippen LogP contribution in [0.5, 0.6) is 0 Å². The number of aromatic nitrogens is 2. The lowest BCUT2D eigenvalue weighted by molar-refractivity contribution is 1.30. The Morgan fingerprint density at radius 3 is 2.16 bits per heavy atom. The van der Waals surface area contributed by atoms with Crippen molar-refractivity contribution in [3.05, 3.63) is 121 Å². The fourth-order valence-corrected chi connectivity index (χ4v) is 6.61. The van der Waals surface area contributed by atoms with E-state index in [1.807, 2.05) is 17.4 Å². The van der Waals surface area contributed by atoms with Crippen molar-refractivity contribution in [3.63, 3.8) is 0 Å². The standard InChI is InChI=1S/C34H20N2S/c1-2-10-22(11-3-1)32-34(36-33-24-13-5-4-9-21(24)17-18-29(33)35-32)26-15-8-12-23-19-28-25-14-6-7-16-30(25)37-31(28)20-27(23)26/h1-20H. The smallest absolute Gasteiger partial charge is 0.0979 e. The van der Waals surface area contributed by atoms with Gasteiger partial charge >= 0.3 is 0 Å². The molecule has 8 rings (SSSR count). The van der Waals surface area contributed by atoms with Crippen LogP contribution in [-0.4, -0.2) is 9.97 Å². The van der Waals surface area contributed by atoms with Crippen LogP contribution >= 0.6 is 11.3 Å². The minimum Gasteiger partial charge on any atom is -0.244 e. The first-order valence-corrected chi connectivity index (χ1v) is 13.2. The van der Waals surface area contributed by atoms with E-state index in [1.165, 1.54) is 36.3 Å². The largest absolute Gasteiger partial charge is 0.244 e. The van der Waals surface area contributed by atoms with Crippen molar-refractivity contribution in [2.75, 3.05) is 0 Å². The van der Waals surface area contributed by atoms with E-state index in [0.29, 0.717) is 0 Å². The minimum atomic E-state index is 0.910.